The zero-order chi connectivity index (χ0) is 10.8. The van der Waals surface area contributed by atoms with Crippen LogP contribution in [0, 0.1) is 0 Å². The number of nitrogens with zero attached hydrogens (tertiary/aromatic N) is 3. The average Bonchev–Trinajstić information content (AvgIpc) is 2.61. The molecule has 0 aliphatic heterocycles. The monoisotopic (exact) mass is 203 g/mol. The van der Waals surface area contributed by atoms with Crippen LogP contribution in [0.2, 0.25) is 0 Å². The molecule has 76 valence electrons. The topological polar surface area (TPSA) is 68.0 Å². The summed E-state index contributed by atoms with van der Waals surface area (Å²) >= 11 is 0. The molecule has 0 unspecified atom stereocenters. The zero-order valence-corrected chi connectivity index (χ0v) is 8.08. The third-order valence-electron chi connectivity index (χ3n) is 2.10. The van der Waals surface area contributed by atoms with Crippen LogP contribution in [-0.4, -0.2) is 25.6 Å². The first-order chi connectivity index (χ1) is 7.20. The Hall–Kier alpha value is -2.17. The van der Waals surface area contributed by atoms with Crippen LogP contribution in [0.15, 0.2) is 30.6 Å². The van der Waals surface area contributed by atoms with Crippen LogP contribution in [0.1, 0.15) is 10.5 Å². The van der Waals surface area contributed by atoms with E-state index in [-0.39, 0.29) is 5.69 Å². The summed E-state index contributed by atoms with van der Waals surface area (Å²) in [6.45, 7) is 0. The van der Waals surface area contributed by atoms with Gasteiger partial charge in [0, 0.05) is 13.2 Å². The Balaban J connectivity index is 2.52. The van der Waals surface area contributed by atoms with Crippen LogP contribution in [0.5, 0.6) is 0 Å². The minimum Gasteiger partial charge on any atom is -0.477 e. The fourth-order valence-electron chi connectivity index (χ4n) is 1.34. The van der Waals surface area contributed by atoms with Crippen molar-refractivity contribution in [2.75, 3.05) is 0 Å². The van der Waals surface area contributed by atoms with Gasteiger partial charge in [0.15, 0.2) is 5.82 Å². The van der Waals surface area contributed by atoms with Gasteiger partial charge in [-0.3, -0.25) is 4.98 Å². The van der Waals surface area contributed by atoms with Crippen LogP contribution < -0.4 is 0 Å². The van der Waals surface area contributed by atoms with Crippen molar-refractivity contribution in [3.8, 4) is 11.5 Å². The van der Waals surface area contributed by atoms with Crippen LogP contribution in [0.25, 0.3) is 11.5 Å². The summed E-state index contributed by atoms with van der Waals surface area (Å²) in [5.74, 6) is -0.444. The van der Waals surface area contributed by atoms with Crippen LogP contribution in [-0.2, 0) is 7.05 Å². The molecule has 0 radical (unpaired) electrons. The van der Waals surface area contributed by atoms with Gasteiger partial charge in [-0.15, -0.1) is 0 Å². The van der Waals surface area contributed by atoms with Crippen molar-refractivity contribution in [1.29, 1.82) is 0 Å². The second-order valence-corrected chi connectivity index (χ2v) is 3.05. The molecule has 1 N–H and O–H groups in total. The van der Waals surface area contributed by atoms with E-state index in [0.717, 1.165) is 0 Å². The van der Waals surface area contributed by atoms with Crippen molar-refractivity contribution in [1.82, 2.24) is 14.5 Å². The summed E-state index contributed by atoms with van der Waals surface area (Å²) < 4.78 is 1.50. The molecule has 0 atom stereocenters. The van der Waals surface area contributed by atoms with Gasteiger partial charge < -0.3 is 9.67 Å². The van der Waals surface area contributed by atoms with Gasteiger partial charge in [-0.05, 0) is 12.1 Å². The fourth-order valence-corrected chi connectivity index (χ4v) is 1.34. The summed E-state index contributed by atoms with van der Waals surface area (Å²) in [5, 5.41) is 8.84. The lowest BCUT2D eigenvalue weighted by Gasteiger charge is -2.01. The molecule has 15 heavy (non-hydrogen) atoms. The minimum absolute atomic E-state index is 0.149. The average molecular weight is 203 g/mol. The Morgan fingerprint density at radius 2 is 2.20 bits per heavy atom. The molecule has 0 aromatic carbocycles. The standard InChI is InChI=1S/C10H9N3O2/c1-13-8(10(14)15)6-12-9(13)7-4-2-3-5-11-7/h2-6H,1H3,(H,14,15). The molecule has 0 fully saturated rings. The molecule has 2 aromatic heterocycles. The van der Waals surface area contributed by atoms with Gasteiger partial charge in [-0.1, -0.05) is 6.07 Å². The van der Waals surface area contributed by atoms with Gasteiger partial charge in [0.2, 0.25) is 0 Å². The Morgan fingerprint density at radius 3 is 2.73 bits per heavy atom. The zero-order valence-electron chi connectivity index (χ0n) is 8.08. The van der Waals surface area contributed by atoms with Gasteiger partial charge in [0.25, 0.3) is 0 Å². The summed E-state index contributed by atoms with van der Waals surface area (Å²) in [7, 11) is 1.65. The van der Waals surface area contributed by atoms with E-state index in [2.05, 4.69) is 9.97 Å². The summed E-state index contributed by atoms with van der Waals surface area (Å²) in [6, 6.07) is 5.41. The predicted molar refractivity (Wildman–Crippen MR) is 53.4 cm³/mol. The first-order valence-electron chi connectivity index (χ1n) is 4.36. The van der Waals surface area contributed by atoms with Gasteiger partial charge in [-0.2, -0.15) is 0 Å². The SMILES string of the molecule is Cn1c(C(=O)O)cnc1-c1ccccn1. The van der Waals surface area contributed by atoms with Gasteiger partial charge in [0.05, 0.1) is 6.20 Å². The molecule has 0 bridgehead atoms. The number of aromatic nitrogens is 3. The normalized spacial score (nSPS) is 10.2. The molecule has 2 heterocycles. The molecule has 5 nitrogen and oxygen atoms in total. The highest BCUT2D eigenvalue weighted by Crippen LogP contribution is 2.15. The highest BCUT2D eigenvalue weighted by molar-refractivity contribution is 5.86. The molecule has 0 aliphatic rings. The number of carboxylic acids is 1. The van der Waals surface area contributed by atoms with Crippen molar-refractivity contribution < 1.29 is 9.90 Å². The lowest BCUT2D eigenvalue weighted by molar-refractivity contribution is 0.0686. The molecule has 5 heteroatoms. The van der Waals surface area contributed by atoms with E-state index in [1.807, 2.05) is 6.07 Å². The van der Waals surface area contributed by atoms with Crippen molar-refractivity contribution >= 4 is 5.97 Å². The van der Waals surface area contributed by atoms with E-state index < -0.39 is 5.97 Å². The third kappa shape index (κ3) is 1.59. The Labute approximate surface area is 86.0 Å². The molecule has 0 saturated carbocycles. The number of imidazole rings is 1. The molecule has 2 aromatic rings. The maximum atomic E-state index is 10.8. The van der Waals surface area contributed by atoms with E-state index in [1.54, 1.807) is 25.4 Å². The van der Waals surface area contributed by atoms with Crippen LogP contribution >= 0.6 is 0 Å². The predicted octanol–water partition coefficient (Wildman–Crippen LogP) is 1.18. The van der Waals surface area contributed by atoms with Crippen molar-refractivity contribution in [2.45, 2.75) is 0 Å². The number of carbonyl (C=O) groups is 1. The molecular weight excluding hydrogens is 194 g/mol. The fraction of sp³-hybridized carbons (Fsp3) is 0.100. The highest BCUT2D eigenvalue weighted by atomic mass is 16.4. The maximum Gasteiger partial charge on any atom is 0.354 e. The third-order valence-corrected chi connectivity index (χ3v) is 2.10. The highest BCUT2D eigenvalue weighted by Gasteiger charge is 2.13. The summed E-state index contributed by atoms with van der Waals surface area (Å²) in [5.41, 5.74) is 0.808. The second-order valence-electron chi connectivity index (χ2n) is 3.05. The van der Waals surface area contributed by atoms with Gasteiger partial charge >= 0.3 is 5.97 Å². The van der Waals surface area contributed by atoms with Crippen LogP contribution in [0.3, 0.4) is 0 Å². The number of carboxylic acid groups (broad SMARTS) is 1. The quantitative estimate of drug-likeness (QED) is 0.795. The molecular formula is C10H9N3O2. The number of hydrogen-bond acceptors (Lipinski definition) is 3. The molecule has 0 amide bonds. The Morgan fingerprint density at radius 1 is 1.40 bits per heavy atom. The largest absolute Gasteiger partial charge is 0.477 e. The van der Waals surface area contributed by atoms with Crippen LogP contribution in [0.4, 0.5) is 0 Å². The smallest absolute Gasteiger partial charge is 0.354 e. The molecule has 0 spiro atoms. The van der Waals surface area contributed by atoms with Crippen molar-refractivity contribution in [3.05, 3.63) is 36.3 Å². The Bertz CT molecular complexity index is 491. The molecule has 2 rings (SSSR count). The van der Waals surface area contributed by atoms with Gasteiger partial charge in [0.1, 0.15) is 11.4 Å². The second kappa shape index (κ2) is 3.53. The number of rotatable bonds is 2. The summed E-state index contributed by atoms with van der Waals surface area (Å²) in [6.07, 6.45) is 2.97. The first-order valence-corrected chi connectivity index (χ1v) is 4.36. The minimum atomic E-state index is -0.993. The lowest BCUT2D eigenvalue weighted by Crippen LogP contribution is -2.05. The summed E-state index contributed by atoms with van der Waals surface area (Å²) in [4.78, 5) is 18.9. The number of hydrogen-bond donors (Lipinski definition) is 1. The maximum absolute atomic E-state index is 10.8. The van der Waals surface area contributed by atoms with E-state index in [0.29, 0.717) is 11.5 Å². The van der Waals surface area contributed by atoms with E-state index in [1.165, 1.54) is 10.8 Å². The van der Waals surface area contributed by atoms with E-state index >= 15 is 0 Å². The van der Waals surface area contributed by atoms with Crippen molar-refractivity contribution in [3.63, 3.8) is 0 Å². The lowest BCUT2D eigenvalue weighted by atomic mass is 10.3. The number of pyridine rings is 1. The first kappa shape index (κ1) is 9.39. The molecule has 0 saturated heterocycles. The Kier molecular flexibility index (Phi) is 2.21. The van der Waals surface area contributed by atoms with E-state index in [9.17, 15) is 4.79 Å². The van der Waals surface area contributed by atoms with E-state index in [4.69, 9.17) is 5.11 Å². The van der Waals surface area contributed by atoms with Gasteiger partial charge in [-0.25, -0.2) is 9.78 Å². The number of aromatic carboxylic acids is 1. The molecule has 0 aliphatic carbocycles. The van der Waals surface area contributed by atoms with Crippen molar-refractivity contribution in [2.24, 2.45) is 7.05 Å².